The summed E-state index contributed by atoms with van der Waals surface area (Å²) in [7, 11) is 6.36. The minimum absolute atomic E-state index is 0.483. The molecule has 1 heteroatoms. The lowest BCUT2D eigenvalue weighted by Crippen LogP contribution is -2.65. The fourth-order valence-electron chi connectivity index (χ4n) is 7.48. The molecule has 0 aromatic carbocycles. The molecule has 0 heterocycles. The van der Waals surface area contributed by atoms with E-state index in [-0.39, 0.29) is 0 Å². The van der Waals surface area contributed by atoms with Crippen molar-refractivity contribution in [2.45, 2.75) is 66.1 Å². The SMILES string of the molecule is [B]C1C[C@H]2C[C@@H]([C@@H]1C)C2(C)C1C[C@H]2C[C@@H]([C@@H]1C)C2(C)C. The highest BCUT2D eigenvalue weighted by molar-refractivity contribution is 6.12. The van der Waals surface area contributed by atoms with E-state index in [4.69, 9.17) is 7.85 Å². The van der Waals surface area contributed by atoms with E-state index in [0.717, 1.165) is 41.4 Å². The van der Waals surface area contributed by atoms with Crippen LogP contribution in [-0.2, 0) is 0 Å². The van der Waals surface area contributed by atoms with Crippen LogP contribution >= 0.6 is 0 Å². The first-order valence-electron chi connectivity index (χ1n) is 9.03. The van der Waals surface area contributed by atoms with Crippen LogP contribution < -0.4 is 0 Å². The summed E-state index contributed by atoms with van der Waals surface area (Å²) >= 11 is 0. The summed E-state index contributed by atoms with van der Waals surface area (Å²) in [6, 6.07) is 0. The standard InChI is InChI=1S/C19H31B/c1-10-14-6-12(18(14,3)4)7-15(10)19(5)13-8-16(19)11(2)17(20)9-13/h10-17H,6-9H2,1-5H3/t10-,11-,12+,13+,14-,15?,16-,17?,19?/m0/s1. The Kier molecular flexibility index (Phi) is 2.66. The molecule has 0 aromatic heterocycles. The highest BCUT2D eigenvalue weighted by Crippen LogP contribution is 2.74. The van der Waals surface area contributed by atoms with Gasteiger partial charge in [0.05, 0.1) is 7.85 Å². The van der Waals surface area contributed by atoms with Gasteiger partial charge in [0, 0.05) is 0 Å². The van der Waals surface area contributed by atoms with Gasteiger partial charge in [0.25, 0.3) is 0 Å². The fraction of sp³-hybridized carbons (Fsp3) is 1.00. The van der Waals surface area contributed by atoms with Crippen LogP contribution in [0.2, 0.25) is 5.82 Å². The molecule has 20 heavy (non-hydrogen) atoms. The van der Waals surface area contributed by atoms with Crippen LogP contribution in [0.3, 0.4) is 0 Å². The van der Waals surface area contributed by atoms with Gasteiger partial charge in [0.2, 0.25) is 0 Å². The summed E-state index contributed by atoms with van der Waals surface area (Å²) in [5.41, 5.74) is 1.26. The molecule has 6 saturated carbocycles. The predicted molar refractivity (Wildman–Crippen MR) is 85.6 cm³/mol. The second-order valence-electron chi connectivity index (χ2n) is 9.73. The first-order valence-corrected chi connectivity index (χ1v) is 9.03. The largest absolute Gasteiger partial charge is 0.0743 e. The van der Waals surface area contributed by atoms with Gasteiger partial charge in [-0.15, -0.1) is 0 Å². The lowest BCUT2D eigenvalue weighted by atomic mass is 9.32. The molecule has 6 rings (SSSR count). The number of hydrogen-bond acceptors (Lipinski definition) is 0. The van der Waals surface area contributed by atoms with Crippen molar-refractivity contribution in [2.75, 3.05) is 0 Å². The van der Waals surface area contributed by atoms with Crippen molar-refractivity contribution in [2.24, 2.45) is 52.3 Å². The van der Waals surface area contributed by atoms with Crippen molar-refractivity contribution < 1.29 is 0 Å². The van der Waals surface area contributed by atoms with Gasteiger partial charge >= 0.3 is 0 Å². The lowest BCUT2D eigenvalue weighted by Gasteiger charge is -2.72. The summed E-state index contributed by atoms with van der Waals surface area (Å²) in [5, 5.41) is 0. The quantitative estimate of drug-likeness (QED) is 0.592. The van der Waals surface area contributed by atoms with Crippen molar-refractivity contribution in [3.8, 4) is 0 Å². The van der Waals surface area contributed by atoms with E-state index in [0.29, 0.717) is 16.6 Å². The van der Waals surface area contributed by atoms with Gasteiger partial charge in [-0.05, 0) is 71.5 Å². The van der Waals surface area contributed by atoms with Crippen LogP contribution in [0.15, 0.2) is 0 Å². The van der Waals surface area contributed by atoms with Gasteiger partial charge in [0.15, 0.2) is 0 Å². The Labute approximate surface area is 126 Å². The maximum atomic E-state index is 6.36. The van der Waals surface area contributed by atoms with Gasteiger partial charge in [-0.1, -0.05) is 46.9 Å². The summed E-state index contributed by atoms with van der Waals surface area (Å²) in [5.74, 6) is 7.02. The second-order valence-corrected chi connectivity index (χ2v) is 9.73. The molecule has 0 amide bonds. The van der Waals surface area contributed by atoms with Crippen molar-refractivity contribution in [3.05, 3.63) is 0 Å². The van der Waals surface area contributed by atoms with E-state index in [1.165, 1.54) is 25.7 Å². The highest BCUT2D eigenvalue weighted by atomic mass is 14.7. The Hall–Kier alpha value is 0.0649. The van der Waals surface area contributed by atoms with Gasteiger partial charge < -0.3 is 0 Å². The molecule has 0 saturated heterocycles. The van der Waals surface area contributed by atoms with Gasteiger partial charge in [-0.3, -0.25) is 0 Å². The van der Waals surface area contributed by atoms with Crippen LogP contribution in [0, 0.1) is 52.3 Å². The van der Waals surface area contributed by atoms with E-state index >= 15 is 0 Å². The molecule has 110 valence electrons. The van der Waals surface area contributed by atoms with Gasteiger partial charge in [-0.2, -0.15) is 0 Å². The first-order chi connectivity index (χ1) is 9.27. The molecular weight excluding hydrogens is 239 g/mol. The third kappa shape index (κ3) is 1.37. The fourth-order valence-corrected chi connectivity index (χ4v) is 7.48. The molecule has 0 spiro atoms. The normalized spacial score (nSPS) is 63.2. The maximum absolute atomic E-state index is 6.36. The zero-order valence-corrected chi connectivity index (χ0v) is 14.0. The smallest absolute Gasteiger partial charge is 0.0703 e. The first kappa shape index (κ1) is 13.7. The molecule has 4 bridgehead atoms. The zero-order valence-electron chi connectivity index (χ0n) is 14.0. The molecular formula is C19H31B. The minimum atomic E-state index is 0.483. The Morgan fingerprint density at radius 3 is 1.85 bits per heavy atom. The molecule has 0 aliphatic heterocycles. The molecule has 6 aliphatic carbocycles. The average molecular weight is 270 g/mol. The molecule has 0 aromatic rings. The molecule has 6 aliphatic rings. The van der Waals surface area contributed by atoms with Crippen LogP contribution in [0.25, 0.3) is 0 Å². The third-order valence-corrected chi connectivity index (χ3v) is 9.24. The van der Waals surface area contributed by atoms with Crippen LogP contribution in [0.1, 0.15) is 60.3 Å². The maximum Gasteiger partial charge on any atom is 0.0703 e. The summed E-state index contributed by atoms with van der Waals surface area (Å²) in [6.07, 6.45) is 5.81. The second kappa shape index (κ2) is 3.88. The van der Waals surface area contributed by atoms with Crippen LogP contribution in [0.4, 0.5) is 0 Å². The molecule has 3 unspecified atom stereocenters. The summed E-state index contributed by atoms with van der Waals surface area (Å²) in [6.45, 7) is 12.7. The van der Waals surface area contributed by atoms with Crippen LogP contribution in [-0.4, -0.2) is 7.85 Å². The lowest BCUT2D eigenvalue weighted by molar-refractivity contribution is -0.227. The minimum Gasteiger partial charge on any atom is -0.0743 e. The van der Waals surface area contributed by atoms with E-state index < -0.39 is 0 Å². The van der Waals surface area contributed by atoms with Gasteiger partial charge in [0.1, 0.15) is 0 Å². The topological polar surface area (TPSA) is 0 Å². The molecule has 0 nitrogen and oxygen atoms in total. The van der Waals surface area contributed by atoms with E-state index in [2.05, 4.69) is 34.6 Å². The Bertz CT molecular complexity index is 427. The molecule has 9 atom stereocenters. The summed E-state index contributed by atoms with van der Waals surface area (Å²) < 4.78 is 0. The number of fused-ring (bicyclic) bond motifs is 5. The predicted octanol–water partition coefficient (Wildman–Crippen LogP) is 4.94. The Balaban J connectivity index is 1.60. The molecule has 0 N–H and O–H groups in total. The Morgan fingerprint density at radius 2 is 1.30 bits per heavy atom. The Morgan fingerprint density at radius 1 is 0.750 bits per heavy atom. The molecule has 2 radical (unpaired) electrons. The summed E-state index contributed by atoms with van der Waals surface area (Å²) in [4.78, 5) is 0. The monoisotopic (exact) mass is 270 g/mol. The average Bonchev–Trinajstić information content (AvgIpc) is 2.39. The molecule has 6 fully saturated rings. The number of hydrogen-bond donors (Lipinski definition) is 0. The van der Waals surface area contributed by atoms with Crippen LogP contribution in [0.5, 0.6) is 0 Å². The zero-order chi connectivity index (χ0) is 14.4. The van der Waals surface area contributed by atoms with E-state index in [1.807, 2.05) is 0 Å². The van der Waals surface area contributed by atoms with Crippen molar-refractivity contribution >= 4 is 7.85 Å². The van der Waals surface area contributed by atoms with Crippen molar-refractivity contribution in [1.29, 1.82) is 0 Å². The van der Waals surface area contributed by atoms with Crippen molar-refractivity contribution in [3.63, 3.8) is 0 Å². The van der Waals surface area contributed by atoms with Gasteiger partial charge in [-0.25, -0.2) is 0 Å². The van der Waals surface area contributed by atoms with Crippen molar-refractivity contribution in [1.82, 2.24) is 0 Å². The van der Waals surface area contributed by atoms with E-state index in [9.17, 15) is 0 Å². The number of rotatable bonds is 1. The highest BCUT2D eigenvalue weighted by Gasteiger charge is 2.66. The van der Waals surface area contributed by atoms with E-state index in [1.54, 1.807) is 0 Å². The third-order valence-electron chi connectivity index (χ3n) is 9.24.